The van der Waals surface area contributed by atoms with Gasteiger partial charge in [-0.2, -0.15) is 0 Å². The predicted octanol–water partition coefficient (Wildman–Crippen LogP) is 4.28. The monoisotopic (exact) mass is 335 g/mol. The Morgan fingerprint density at radius 1 is 1.35 bits per heavy atom. The lowest BCUT2D eigenvalue weighted by Crippen LogP contribution is -2.21. The third-order valence-electron chi connectivity index (χ3n) is 3.31. The van der Waals surface area contributed by atoms with Crippen molar-refractivity contribution in [1.82, 2.24) is 5.32 Å². The van der Waals surface area contributed by atoms with E-state index in [0.717, 1.165) is 28.3 Å². The van der Waals surface area contributed by atoms with E-state index in [4.69, 9.17) is 9.15 Å². The first-order valence-electron chi connectivity index (χ1n) is 7.01. The van der Waals surface area contributed by atoms with E-state index in [1.165, 1.54) is 12.8 Å². The lowest BCUT2D eigenvalue weighted by Gasteiger charge is -2.17. The summed E-state index contributed by atoms with van der Waals surface area (Å²) in [5, 5.41) is 3.45. The lowest BCUT2D eigenvalue weighted by molar-refractivity contribution is 0.302. The smallest absolute Gasteiger partial charge is 0.169 e. The van der Waals surface area contributed by atoms with Crippen LogP contribution >= 0.6 is 15.9 Å². The maximum atomic E-state index is 5.87. The summed E-state index contributed by atoms with van der Waals surface area (Å²) in [5.41, 5.74) is 1.16. The molecule has 20 heavy (non-hydrogen) atoms. The van der Waals surface area contributed by atoms with E-state index in [9.17, 15) is 0 Å². The average Bonchev–Trinajstić information content (AvgIpc) is 3.16. The van der Waals surface area contributed by atoms with Crippen molar-refractivity contribution in [2.75, 3.05) is 6.54 Å². The Morgan fingerprint density at radius 2 is 2.20 bits per heavy atom. The molecule has 1 atom stereocenters. The third kappa shape index (κ3) is 3.25. The van der Waals surface area contributed by atoms with Crippen LogP contribution in [0.3, 0.4) is 0 Å². The van der Waals surface area contributed by atoms with Crippen LogP contribution in [0.15, 0.2) is 45.5 Å². The summed E-state index contributed by atoms with van der Waals surface area (Å²) in [7, 11) is 0. The molecule has 1 aromatic heterocycles. The van der Waals surface area contributed by atoms with E-state index in [-0.39, 0.29) is 6.04 Å². The fraction of sp³-hybridized carbons (Fsp3) is 0.375. The van der Waals surface area contributed by atoms with Gasteiger partial charge in [-0.1, -0.05) is 19.1 Å². The second-order valence-electron chi connectivity index (χ2n) is 5.02. The number of benzene rings is 1. The SMILES string of the molecule is CCNC(c1cccc(OC2CC2)c1)c1ccc(Br)o1. The van der Waals surface area contributed by atoms with E-state index in [0.29, 0.717) is 6.10 Å². The number of hydrogen-bond donors (Lipinski definition) is 1. The molecule has 3 nitrogen and oxygen atoms in total. The number of hydrogen-bond acceptors (Lipinski definition) is 3. The molecule has 3 rings (SSSR count). The maximum absolute atomic E-state index is 5.87. The molecule has 0 amide bonds. The van der Waals surface area contributed by atoms with Gasteiger partial charge in [0.05, 0.1) is 12.1 Å². The van der Waals surface area contributed by atoms with Gasteiger partial charge in [0, 0.05) is 0 Å². The van der Waals surface area contributed by atoms with Gasteiger partial charge in [-0.05, 0) is 65.1 Å². The second kappa shape index (κ2) is 6.02. The minimum atomic E-state index is 0.0500. The molecule has 4 heteroatoms. The zero-order chi connectivity index (χ0) is 13.9. The molecule has 0 aliphatic heterocycles. The minimum Gasteiger partial charge on any atom is -0.490 e. The Labute approximate surface area is 127 Å². The third-order valence-corrected chi connectivity index (χ3v) is 3.73. The van der Waals surface area contributed by atoms with Gasteiger partial charge in [-0.25, -0.2) is 0 Å². The highest BCUT2D eigenvalue weighted by Gasteiger charge is 2.24. The van der Waals surface area contributed by atoms with Crippen molar-refractivity contribution in [3.63, 3.8) is 0 Å². The van der Waals surface area contributed by atoms with Crippen LogP contribution in [0.2, 0.25) is 0 Å². The van der Waals surface area contributed by atoms with Gasteiger partial charge in [-0.15, -0.1) is 0 Å². The van der Waals surface area contributed by atoms with Crippen LogP contribution in [-0.2, 0) is 0 Å². The summed E-state index contributed by atoms with van der Waals surface area (Å²) < 4.78 is 12.3. The molecule has 0 saturated heterocycles. The van der Waals surface area contributed by atoms with Crippen LogP contribution in [0.25, 0.3) is 0 Å². The molecular weight excluding hydrogens is 318 g/mol. The molecular formula is C16H18BrNO2. The van der Waals surface area contributed by atoms with E-state index < -0.39 is 0 Å². The fourth-order valence-electron chi connectivity index (χ4n) is 2.22. The van der Waals surface area contributed by atoms with E-state index in [1.807, 2.05) is 24.3 Å². The molecule has 1 heterocycles. The molecule has 0 radical (unpaired) electrons. The molecule has 1 saturated carbocycles. The van der Waals surface area contributed by atoms with Gasteiger partial charge < -0.3 is 14.5 Å². The fourth-order valence-corrected chi connectivity index (χ4v) is 2.54. The second-order valence-corrected chi connectivity index (χ2v) is 5.80. The molecule has 0 bridgehead atoms. The Hall–Kier alpha value is -1.26. The lowest BCUT2D eigenvalue weighted by atomic mass is 10.0. The molecule has 1 fully saturated rings. The standard InChI is InChI=1S/C16H18BrNO2/c1-2-18-16(14-8-9-15(17)20-14)11-4-3-5-13(10-11)19-12-6-7-12/h3-5,8-10,12,16,18H,2,6-7H2,1H3. The average molecular weight is 336 g/mol. The summed E-state index contributed by atoms with van der Waals surface area (Å²) in [4.78, 5) is 0. The number of halogens is 1. The molecule has 1 unspecified atom stereocenters. The van der Waals surface area contributed by atoms with Crippen molar-refractivity contribution in [3.8, 4) is 5.75 Å². The van der Waals surface area contributed by atoms with E-state index >= 15 is 0 Å². The highest BCUT2D eigenvalue weighted by Crippen LogP contribution is 2.31. The zero-order valence-corrected chi connectivity index (χ0v) is 13.0. The van der Waals surface area contributed by atoms with Crippen LogP contribution in [0.4, 0.5) is 0 Å². The van der Waals surface area contributed by atoms with Crippen molar-refractivity contribution in [1.29, 1.82) is 0 Å². The van der Waals surface area contributed by atoms with Gasteiger partial charge in [0.1, 0.15) is 11.5 Å². The molecule has 1 aliphatic carbocycles. The summed E-state index contributed by atoms with van der Waals surface area (Å²) in [6.45, 7) is 2.96. The molecule has 1 aromatic carbocycles. The maximum Gasteiger partial charge on any atom is 0.169 e. The van der Waals surface area contributed by atoms with E-state index in [1.54, 1.807) is 0 Å². The van der Waals surface area contributed by atoms with Gasteiger partial charge in [0.25, 0.3) is 0 Å². The molecule has 1 aliphatic rings. The Bertz CT molecular complexity index is 577. The first-order valence-corrected chi connectivity index (χ1v) is 7.81. The van der Waals surface area contributed by atoms with Crippen LogP contribution in [-0.4, -0.2) is 12.6 Å². The van der Waals surface area contributed by atoms with Gasteiger partial charge in [0.15, 0.2) is 4.67 Å². The quantitative estimate of drug-likeness (QED) is 0.855. The van der Waals surface area contributed by atoms with Crippen LogP contribution in [0, 0.1) is 0 Å². The van der Waals surface area contributed by atoms with Crippen LogP contribution in [0.1, 0.15) is 37.1 Å². The van der Waals surface area contributed by atoms with Crippen LogP contribution < -0.4 is 10.1 Å². The number of rotatable bonds is 6. The predicted molar refractivity (Wildman–Crippen MR) is 82.0 cm³/mol. The Balaban J connectivity index is 1.86. The summed E-state index contributed by atoms with van der Waals surface area (Å²) in [6, 6.07) is 12.2. The Morgan fingerprint density at radius 3 is 2.85 bits per heavy atom. The summed E-state index contributed by atoms with van der Waals surface area (Å²) in [6.07, 6.45) is 2.76. The van der Waals surface area contributed by atoms with Gasteiger partial charge in [-0.3, -0.25) is 0 Å². The number of furan rings is 1. The zero-order valence-electron chi connectivity index (χ0n) is 11.4. The topological polar surface area (TPSA) is 34.4 Å². The van der Waals surface area contributed by atoms with Gasteiger partial charge >= 0.3 is 0 Å². The van der Waals surface area contributed by atoms with Crippen molar-refractivity contribution < 1.29 is 9.15 Å². The molecule has 106 valence electrons. The van der Waals surface area contributed by atoms with Crippen molar-refractivity contribution in [2.24, 2.45) is 0 Å². The normalized spacial score (nSPS) is 16.1. The largest absolute Gasteiger partial charge is 0.490 e. The van der Waals surface area contributed by atoms with Crippen LogP contribution in [0.5, 0.6) is 5.75 Å². The van der Waals surface area contributed by atoms with Gasteiger partial charge in [0.2, 0.25) is 0 Å². The minimum absolute atomic E-state index is 0.0500. The number of ether oxygens (including phenoxy) is 1. The molecule has 2 aromatic rings. The highest BCUT2D eigenvalue weighted by molar-refractivity contribution is 9.10. The van der Waals surface area contributed by atoms with Crippen molar-refractivity contribution >= 4 is 15.9 Å². The Kier molecular flexibility index (Phi) is 4.13. The van der Waals surface area contributed by atoms with E-state index in [2.05, 4.69) is 40.3 Å². The van der Waals surface area contributed by atoms with Crippen molar-refractivity contribution in [3.05, 3.63) is 52.4 Å². The molecule has 0 spiro atoms. The molecule has 1 N–H and O–H groups in total. The first-order chi connectivity index (χ1) is 9.76. The summed E-state index contributed by atoms with van der Waals surface area (Å²) >= 11 is 3.36. The highest BCUT2D eigenvalue weighted by atomic mass is 79.9. The van der Waals surface area contributed by atoms with Crippen molar-refractivity contribution in [2.45, 2.75) is 31.9 Å². The first kappa shape index (κ1) is 13.7. The summed E-state index contributed by atoms with van der Waals surface area (Å²) in [5.74, 6) is 1.85. The number of nitrogens with one attached hydrogen (secondary N) is 1.